The van der Waals surface area contributed by atoms with Crippen LogP contribution in [0.4, 0.5) is 4.39 Å². The van der Waals surface area contributed by atoms with Gasteiger partial charge in [-0.15, -0.1) is 0 Å². The number of carbonyl (C=O) groups excluding carboxylic acids is 1. The molecular formula is C27H22FN3O2. The van der Waals surface area contributed by atoms with Gasteiger partial charge in [-0.3, -0.25) is 4.79 Å². The average Bonchev–Trinajstić information content (AvgIpc) is 3.23. The molecule has 0 unspecified atom stereocenters. The number of para-hydroxylation sites is 1. The lowest BCUT2D eigenvalue weighted by Gasteiger charge is -2.09. The Morgan fingerprint density at radius 3 is 2.52 bits per heavy atom. The van der Waals surface area contributed by atoms with Gasteiger partial charge in [-0.05, 0) is 60.5 Å². The second-order valence-electron chi connectivity index (χ2n) is 7.81. The number of fused-ring (bicyclic) bond motifs is 3. The summed E-state index contributed by atoms with van der Waals surface area (Å²) in [6.07, 6.45) is 0.604. The summed E-state index contributed by atoms with van der Waals surface area (Å²) in [5, 5.41) is 4.91. The number of aromatic amines is 1. The maximum absolute atomic E-state index is 13.1. The van der Waals surface area contributed by atoms with Gasteiger partial charge in [0, 0.05) is 28.4 Å². The number of H-pyrrole nitrogens is 1. The molecule has 5 aromatic rings. The van der Waals surface area contributed by atoms with E-state index in [1.807, 2.05) is 54.6 Å². The summed E-state index contributed by atoms with van der Waals surface area (Å²) >= 11 is 0. The summed E-state index contributed by atoms with van der Waals surface area (Å²) in [5.74, 6) is 0.227. The first-order chi connectivity index (χ1) is 16.1. The standard InChI is InChI=1S/C27H22FN3O2/c1-33-20-12-8-18(9-13-20)25-26-22(21-4-2-3-5-23(21)30-26)16-24(31-25)27(32)29-15-14-17-6-10-19(28)11-7-17/h2-13,16,30H,14-15H2,1H3,(H,29,32). The van der Waals surface area contributed by atoms with E-state index in [1.54, 1.807) is 19.2 Å². The Bertz CT molecular complexity index is 1440. The van der Waals surface area contributed by atoms with Crippen molar-refractivity contribution < 1.29 is 13.9 Å². The van der Waals surface area contributed by atoms with E-state index in [1.165, 1.54) is 12.1 Å². The van der Waals surface area contributed by atoms with Gasteiger partial charge in [-0.2, -0.15) is 0 Å². The summed E-state index contributed by atoms with van der Waals surface area (Å²) in [6.45, 7) is 0.427. The molecule has 0 saturated carbocycles. The van der Waals surface area contributed by atoms with Crippen LogP contribution in [0.2, 0.25) is 0 Å². The number of benzene rings is 3. The number of amides is 1. The molecule has 0 spiro atoms. The third-order valence-electron chi connectivity index (χ3n) is 5.70. The number of ether oxygens (including phenoxy) is 1. The number of hydrogen-bond acceptors (Lipinski definition) is 3. The SMILES string of the molecule is COc1ccc(-c2nc(C(=O)NCCc3ccc(F)cc3)cc3c2[nH]c2ccccc23)cc1. The molecule has 2 heterocycles. The maximum atomic E-state index is 13.1. The lowest BCUT2D eigenvalue weighted by atomic mass is 10.1. The van der Waals surface area contributed by atoms with Crippen LogP contribution in [-0.4, -0.2) is 29.5 Å². The zero-order valence-corrected chi connectivity index (χ0v) is 18.1. The normalized spacial score (nSPS) is 11.1. The van der Waals surface area contributed by atoms with E-state index in [-0.39, 0.29) is 11.7 Å². The first-order valence-electron chi connectivity index (χ1n) is 10.7. The Kier molecular flexibility index (Phi) is 5.48. The lowest BCUT2D eigenvalue weighted by Crippen LogP contribution is -2.26. The highest BCUT2D eigenvalue weighted by Gasteiger charge is 2.17. The highest BCUT2D eigenvalue weighted by Crippen LogP contribution is 2.33. The topological polar surface area (TPSA) is 67.0 Å². The molecule has 5 rings (SSSR count). The minimum atomic E-state index is -0.273. The van der Waals surface area contributed by atoms with Crippen molar-refractivity contribution >= 4 is 27.7 Å². The van der Waals surface area contributed by atoms with Crippen LogP contribution in [0.5, 0.6) is 5.75 Å². The van der Waals surface area contributed by atoms with Crippen LogP contribution in [0, 0.1) is 5.82 Å². The van der Waals surface area contributed by atoms with Crippen molar-refractivity contribution in [2.45, 2.75) is 6.42 Å². The number of methoxy groups -OCH3 is 1. The Morgan fingerprint density at radius 1 is 1.00 bits per heavy atom. The molecule has 3 aromatic carbocycles. The molecule has 164 valence electrons. The maximum Gasteiger partial charge on any atom is 0.269 e. The molecule has 33 heavy (non-hydrogen) atoms. The van der Waals surface area contributed by atoms with Gasteiger partial charge in [0.15, 0.2) is 0 Å². The van der Waals surface area contributed by atoms with Crippen molar-refractivity contribution in [2.75, 3.05) is 13.7 Å². The smallest absolute Gasteiger partial charge is 0.269 e. The van der Waals surface area contributed by atoms with Gasteiger partial charge in [0.2, 0.25) is 0 Å². The van der Waals surface area contributed by atoms with Gasteiger partial charge in [-0.1, -0.05) is 30.3 Å². The van der Waals surface area contributed by atoms with Crippen molar-refractivity contribution in [3.8, 4) is 17.0 Å². The lowest BCUT2D eigenvalue weighted by molar-refractivity contribution is 0.0949. The molecule has 0 radical (unpaired) electrons. The zero-order chi connectivity index (χ0) is 22.8. The molecule has 0 atom stereocenters. The Hall–Kier alpha value is -4.19. The molecule has 2 N–H and O–H groups in total. The van der Waals surface area contributed by atoms with Crippen LogP contribution in [0.15, 0.2) is 78.9 Å². The van der Waals surface area contributed by atoms with E-state index >= 15 is 0 Å². The quantitative estimate of drug-likeness (QED) is 0.367. The molecule has 0 saturated heterocycles. The van der Waals surface area contributed by atoms with Crippen molar-refractivity contribution in [3.63, 3.8) is 0 Å². The fourth-order valence-electron chi connectivity index (χ4n) is 3.98. The molecule has 0 aliphatic heterocycles. The van der Waals surface area contributed by atoms with Crippen LogP contribution in [0.3, 0.4) is 0 Å². The fourth-order valence-corrected chi connectivity index (χ4v) is 3.98. The van der Waals surface area contributed by atoms with Crippen molar-refractivity contribution in [2.24, 2.45) is 0 Å². The van der Waals surface area contributed by atoms with E-state index in [9.17, 15) is 9.18 Å². The van der Waals surface area contributed by atoms with Crippen LogP contribution < -0.4 is 10.1 Å². The molecule has 0 aliphatic carbocycles. The number of carbonyl (C=O) groups is 1. The van der Waals surface area contributed by atoms with E-state index < -0.39 is 0 Å². The van der Waals surface area contributed by atoms with Crippen molar-refractivity contribution in [1.29, 1.82) is 0 Å². The van der Waals surface area contributed by atoms with E-state index in [4.69, 9.17) is 9.72 Å². The van der Waals surface area contributed by atoms with Crippen LogP contribution in [0.25, 0.3) is 33.1 Å². The zero-order valence-electron chi connectivity index (χ0n) is 18.1. The molecule has 0 fully saturated rings. The highest BCUT2D eigenvalue weighted by atomic mass is 19.1. The minimum absolute atomic E-state index is 0.251. The summed E-state index contributed by atoms with van der Waals surface area (Å²) in [6, 6.07) is 23.7. The summed E-state index contributed by atoms with van der Waals surface area (Å²) in [7, 11) is 1.63. The first-order valence-corrected chi connectivity index (χ1v) is 10.7. The number of pyridine rings is 1. The number of nitrogens with zero attached hydrogens (tertiary/aromatic N) is 1. The van der Waals surface area contributed by atoms with Crippen LogP contribution in [0.1, 0.15) is 16.1 Å². The molecule has 0 aliphatic rings. The molecular weight excluding hydrogens is 417 g/mol. The van der Waals surface area contributed by atoms with Gasteiger partial charge in [0.25, 0.3) is 5.91 Å². The summed E-state index contributed by atoms with van der Waals surface area (Å²) < 4.78 is 18.4. The molecule has 1 amide bonds. The summed E-state index contributed by atoms with van der Waals surface area (Å²) in [5.41, 5.74) is 4.75. The van der Waals surface area contributed by atoms with Crippen molar-refractivity contribution in [3.05, 3.63) is 95.9 Å². The Morgan fingerprint density at radius 2 is 1.76 bits per heavy atom. The molecule has 0 bridgehead atoms. The highest BCUT2D eigenvalue weighted by molar-refractivity contribution is 6.13. The number of nitrogens with one attached hydrogen (secondary N) is 2. The van der Waals surface area contributed by atoms with Gasteiger partial charge in [0.1, 0.15) is 17.3 Å². The van der Waals surface area contributed by atoms with Gasteiger partial charge < -0.3 is 15.0 Å². The Labute approximate surface area is 190 Å². The number of rotatable bonds is 6. The van der Waals surface area contributed by atoms with Gasteiger partial charge in [-0.25, -0.2) is 9.37 Å². The minimum Gasteiger partial charge on any atom is -0.497 e. The second kappa shape index (κ2) is 8.74. The van der Waals surface area contributed by atoms with Gasteiger partial charge in [0.05, 0.1) is 18.3 Å². The van der Waals surface area contributed by atoms with E-state index in [0.717, 1.165) is 38.7 Å². The number of halogens is 1. The largest absolute Gasteiger partial charge is 0.497 e. The molecule has 6 heteroatoms. The average molecular weight is 439 g/mol. The second-order valence-corrected chi connectivity index (χ2v) is 7.81. The fraction of sp³-hybridized carbons (Fsp3) is 0.111. The van der Waals surface area contributed by atoms with Crippen LogP contribution >= 0.6 is 0 Å². The van der Waals surface area contributed by atoms with Gasteiger partial charge >= 0.3 is 0 Å². The predicted molar refractivity (Wildman–Crippen MR) is 128 cm³/mol. The van der Waals surface area contributed by atoms with Crippen LogP contribution in [-0.2, 0) is 6.42 Å². The monoisotopic (exact) mass is 439 g/mol. The summed E-state index contributed by atoms with van der Waals surface area (Å²) in [4.78, 5) is 21.2. The molecule has 2 aromatic heterocycles. The third-order valence-corrected chi connectivity index (χ3v) is 5.70. The van der Waals surface area contributed by atoms with E-state index in [0.29, 0.717) is 24.4 Å². The predicted octanol–water partition coefficient (Wildman–Crippen LogP) is 5.50. The number of aromatic nitrogens is 2. The Balaban J connectivity index is 1.50. The third kappa shape index (κ3) is 4.15. The molecule has 5 nitrogen and oxygen atoms in total. The van der Waals surface area contributed by atoms with Crippen molar-refractivity contribution in [1.82, 2.24) is 15.3 Å². The van der Waals surface area contributed by atoms with E-state index in [2.05, 4.69) is 10.3 Å². The number of hydrogen-bond donors (Lipinski definition) is 2. The first kappa shape index (κ1) is 20.7.